The van der Waals surface area contributed by atoms with Gasteiger partial charge in [0.15, 0.2) is 0 Å². The molecule has 0 saturated carbocycles. The first kappa shape index (κ1) is 15.3. The third-order valence-corrected chi connectivity index (χ3v) is 5.87. The van der Waals surface area contributed by atoms with Crippen molar-refractivity contribution in [3.05, 3.63) is 55.3 Å². The average molecular weight is 360 g/mol. The third kappa shape index (κ3) is 3.10. The minimum Gasteiger partial charge on any atom is -0.306 e. The van der Waals surface area contributed by atoms with Crippen LogP contribution in [0.25, 0.3) is 10.1 Å². The number of nitrogens with one attached hydrogen (secondary N) is 1. The van der Waals surface area contributed by atoms with E-state index in [0.717, 1.165) is 27.1 Å². The highest BCUT2D eigenvalue weighted by Gasteiger charge is 2.21. The van der Waals surface area contributed by atoms with Crippen molar-refractivity contribution in [3.8, 4) is 0 Å². The summed E-state index contributed by atoms with van der Waals surface area (Å²) in [5, 5.41) is 4.46. The number of thiophene rings is 2. The van der Waals surface area contributed by atoms with Crippen LogP contribution < -0.4 is 5.32 Å². The van der Waals surface area contributed by atoms with Crippen molar-refractivity contribution in [2.24, 2.45) is 0 Å². The van der Waals surface area contributed by atoms with Crippen molar-refractivity contribution >= 4 is 56.0 Å². The highest BCUT2D eigenvalue weighted by molar-refractivity contribution is 7.20. The Morgan fingerprint density at radius 1 is 1.19 bits per heavy atom. The van der Waals surface area contributed by atoms with Crippen LogP contribution in [0.15, 0.2) is 30.3 Å². The zero-order valence-electron chi connectivity index (χ0n) is 11.1. The van der Waals surface area contributed by atoms with Crippen LogP contribution in [0.5, 0.6) is 0 Å². The van der Waals surface area contributed by atoms with E-state index in [1.807, 2.05) is 13.0 Å². The summed E-state index contributed by atoms with van der Waals surface area (Å²) in [5.41, 5.74) is 0.973. The molecule has 0 aliphatic carbocycles. The fraction of sp³-hybridized carbons (Fsp3) is 0.200. The summed E-state index contributed by atoms with van der Waals surface area (Å²) in [4.78, 5) is 1.11. The largest absolute Gasteiger partial charge is 0.306 e. The second kappa shape index (κ2) is 6.23. The third-order valence-electron chi connectivity index (χ3n) is 3.19. The Hall–Kier alpha value is -0.650. The highest BCUT2D eigenvalue weighted by atomic mass is 35.5. The van der Waals surface area contributed by atoms with Gasteiger partial charge in [0.2, 0.25) is 0 Å². The predicted molar refractivity (Wildman–Crippen MR) is 91.6 cm³/mol. The molecule has 1 unspecified atom stereocenters. The minimum absolute atomic E-state index is 0.0216. The van der Waals surface area contributed by atoms with E-state index in [0.29, 0.717) is 8.67 Å². The zero-order valence-corrected chi connectivity index (χ0v) is 14.3. The second-order valence-electron chi connectivity index (χ2n) is 4.60. The molecule has 0 radical (unpaired) electrons. The molecule has 21 heavy (non-hydrogen) atoms. The number of fused-ring (bicyclic) bond motifs is 1. The summed E-state index contributed by atoms with van der Waals surface area (Å²) in [6, 6.07) is 8.80. The molecular weight excluding hydrogens is 348 g/mol. The molecule has 2 aromatic heterocycles. The number of rotatable bonds is 4. The lowest BCUT2D eigenvalue weighted by Crippen LogP contribution is -2.20. The van der Waals surface area contributed by atoms with E-state index >= 15 is 0 Å². The van der Waals surface area contributed by atoms with Gasteiger partial charge in [-0.15, -0.1) is 22.7 Å². The maximum absolute atomic E-state index is 13.3. The minimum atomic E-state index is -0.215. The van der Waals surface area contributed by atoms with E-state index < -0.39 is 0 Å². The highest BCUT2D eigenvalue weighted by Crippen LogP contribution is 2.40. The van der Waals surface area contributed by atoms with Crippen molar-refractivity contribution in [2.45, 2.75) is 13.0 Å². The van der Waals surface area contributed by atoms with Crippen LogP contribution in [0, 0.1) is 5.82 Å². The maximum atomic E-state index is 13.3. The molecule has 0 amide bonds. The van der Waals surface area contributed by atoms with Crippen LogP contribution in [0.1, 0.15) is 23.4 Å². The lowest BCUT2D eigenvalue weighted by atomic mass is 10.1. The standard InChI is InChI=1S/C15H12Cl2FNS2/c1-2-19-14(10-7-13(16)21-15(10)17)12-5-8-3-4-9(18)6-11(8)20-12/h3-7,14,19H,2H2,1H3. The predicted octanol–water partition coefficient (Wildman–Crippen LogP) is 6.11. The lowest BCUT2D eigenvalue weighted by Gasteiger charge is -2.15. The first-order valence-electron chi connectivity index (χ1n) is 6.45. The van der Waals surface area contributed by atoms with Gasteiger partial charge in [0, 0.05) is 15.1 Å². The molecule has 0 bridgehead atoms. The van der Waals surface area contributed by atoms with Crippen molar-refractivity contribution in [3.63, 3.8) is 0 Å². The fourth-order valence-electron chi connectivity index (χ4n) is 2.29. The van der Waals surface area contributed by atoms with Gasteiger partial charge in [0.05, 0.1) is 14.7 Å². The zero-order chi connectivity index (χ0) is 15.0. The first-order valence-corrected chi connectivity index (χ1v) is 8.84. The molecule has 1 aromatic carbocycles. The molecule has 0 fully saturated rings. The topological polar surface area (TPSA) is 12.0 Å². The Morgan fingerprint density at radius 2 is 2.00 bits per heavy atom. The summed E-state index contributed by atoms with van der Waals surface area (Å²) >= 11 is 15.3. The van der Waals surface area contributed by atoms with Gasteiger partial charge >= 0.3 is 0 Å². The quantitative estimate of drug-likeness (QED) is 0.592. The van der Waals surface area contributed by atoms with Crippen molar-refractivity contribution in [2.75, 3.05) is 6.54 Å². The number of halogens is 3. The molecule has 1 atom stereocenters. The van der Waals surface area contributed by atoms with Crippen molar-refractivity contribution < 1.29 is 4.39 Å². The summed E-state index contributed by atoms with van der Waals surface area (Å²) < 4.78 is 15.6. The normalized spacial score (nSPS) is 13.0. The number of benzene rings is 1. The van der Waals surface area contributed by atoms with E-state index in [2.05, 4.69) is 11.4 Å². The van der Waals surface area contributed by atoms with Crippen LogP contribution in [-0.4, -0.2) is 6.54 Å². The first-order chi connectivity index (χ1) is 10.1. The molecule has 0 saturated heterocycles. The van der Waals surface area contributed by atoms with Gasteiger partial charge in [-0.3, -0.25) is 0 Å². The molecule has 3 rings (SSSR count). The molecular formula is C15H12Cl2FNS2. The van der Waals surface area contributed by atoms with Crippen molar-refractivity contribution in [1.82, 2.24) is 5.32 Å². The smallest absolute Gasteiger partial charge is 0.124 e. The molecule has 1 N–H and O–H groups in total. The lowest BCUT2D eigenvalue weighted by molar-refractivity contribution is 0.630. The van der Waals surface area contributed by atoms with Crippen molar-refractivity contribution in [1.29, 1.82) is 0 Å². The van der Waals surface area contributed by atoms with Crippen LogP contribution >= 0.6 is 45.9 Å². The number of hydrogen-bond acceptors (Lipinski definition) is 3. The van der Waals surface area contributed by atoms with Crippen LogP contribution in [-0.2, 0) is 0 Å². The molecule has 6 heteroatoms. The average Bonchev–Trinajstić information content (AvgIpc) is 2.98. The van der Waals surface area contributed by atoms with Crippen LogP contribution in [0.4, 0.5) is 4.39 Å². The molecule has 2 heterocycles. The van der Waals surface area contributed by atoms with Gasteiger partial charge in [0.25, 0.3) is 0 Å². The monoisotopic (exact) mass is 359 g/mol. The second-order valence-corrected chi connectivity index (χ2v) is 8.00. The van der Waals surface area contributed by atoms with E-state index in [-0.39, 0.29) is 11.9 Å². The van der Waals surface area contributed by atoms with Gasteiger partial charge in [-0.1, -0.05) is 36.2 Å². The SMILES string of the molecule is CCNC(c1cc2ccc(F)cc2s1)c1cc(Cl)sc1Cl. The Balaban J connectivity index is 2.08. The van der Waals surface area contributed by atoms with Gasteiger partial charge in [-0.25, -0.2) is 4.39 Å². The molecule has 0 spiro atoms. The van der Waals surface area contributed by atoms with Gasteiger partial charge in [-0.05, 0) is 36.2 Å². The molecule has 3 aromatic rings. The summed E-state index contributed by atoms with van der Waals surface area (Å²) in [5.74, 6) is -0.215. The molecule has 0 aliphatic rings. The Labute approximate surface area is 140 Å². The van der Waals surface area contributed by atoms with Gasteiger partial charge < -0.3 is 5.32 Å². The maximum Gasteiger partial charge on any atom is 0.124 e. The summed E-state index contributed by atoms with van der Waals surface area (Å²) in [7, 11) is 0. The van der Waals surface area contributed by atoms with E-state index in [4.69, 9.17) is 23.2 Å². The summed E-state index contributed by atoms with van der Waals surface area (Å²) in [6.07, 6.45) is 0. The molecule has 1 nitrogen and oxygen atoms in total. The van der Waals surface area contributed by atoms with Gasteiger partial charge in [0.1, 0.15) is 5.82 Å². The Morgan fingerprint density at radius 3 is 2.67 bits per heavy atom. The van der Waals surface area contributed by atoms with Crippen LogP contribution in [0.2, 0.25) is 8.67 Å². The van der Waals surface area contributed by atoms with E-state index in [9.17, 15) is 4.39 Å². The van der Waals surface area contributed by atoms with E-state index in [1.54, 1.807) is 23.5 Å². The Kier molecular flexibility index (Phi) is 4.52. The molecule has 0 aliphatic heterocycles. The van der Waals surface area contributed by atoms with E-state index in [1.165, 1.54) is 17.4 Å². The van der Waals surface area contributed by atoms with Gasteiger partial charge in [-0.2, -0.15) is 0 Å². The van der Waals surface area contributed by atoms with Crippen LogP contribution in [0.3, 0.4) is 0 Å². The number of hydrogen-bond donors (Lipinski definition) is 1. The fourth-order valence-corrected chi connectivity index (χ4v) is 5.00. The molecule has 110 valence electrons. The Bertz CT molecular complexity index is 781. The summed E-state index contributed by atoms with van der Waals surface area (Å²) in [6.45, 7) is 2.85.